The molecule has 1 N–H and O–H groups in total. The van der Waals surface area contributed by atoms with E-state index in [1.54, 1.807) is 11.3 Å². The number of thiazole rings is 1. The Morgan fingerprint density at radius 3 is 2.88 bits per heavy atom. The van der Waals surface area contributed by atoms with E-state index in [4.69, 9.17) is 4.74 Å². The molecule has 3 nitrogen and oxygen atoms in total. The molecule has 1 aromatic carbocycles. The summed E-state index contributed by atoms with van der Waals surface area (Å²) in [7, 11) is 1.95. The Kier molecular flexibility index (Phi) is 4.12. The number of aromatic nitrogens is 1. The van der Waals surface area contributed by atoms with Crippen LogP contribution in [0.1, 0.15) is 23.4 Å². The molecule has 0 aliphatic heterocycles. The second-order valence-corrected chi connectivity index (χ2v) is 4.51. The van der Waals surface area contributed by atoms with E-state index in [9.17, 15) is 0 Å². The van der Waals surface area contributed by atoms with Crippen LogP contribution in [0.4, 0.5) is 0 Å². The first-order valence-corrected chi connectivity index (χ1v) is 6.52. The first kappa shape index (κ1) is 12.1. The van der Waals surface area contributed by atoms with Gasteiger partial charge in [-0.1, -0.05) is 18.2 Å². The van der Waals surface area contributed by atoms with Gasteiger partial charge < -0.3 is 10.1 Å². The standard InChI is InChI=1S/C13H16N2OS/c1-3-16-11-7-5-4-6-10(11)13(14-2)12-8-15-9-17-12/h4-9,13-14H,3H2,1-2H3. The van der Waals surface area contributed by atoms with Gasteiger partial charge in [-0.05, 0) is 20.0 Å². The number of benzene rings is 1. The molecule has 0 saturated carbocycles. The first-order valence-electron chi connectivity index (χ1n) is 5.64. The van der Waals surface area contributed by atoms with Crippen LogP contribution < -0.4 is 10.1 Å². The van der Waals surface area contributed by atoms with E-state index in [-0.39, 0.29) is 6.04 Å². The smallest absolute Gasteiger partial charge is 0.124 e. The van der Waals surface area contributed by atoms with Crippen molar-refractivity contribution in [1.82, 2.24) is 10.3 Å². The number of nitrogens with zero attached hydrogens (tertiary/aromatic N) is 1. The summed E-state index contributed by atoms with van der Waals surface area (Å²) >= 11 is 1.65. The molecule has 0 spiro atoms. The minimum absolute atomic E-state index is 0.144. The Bertz CT molecular complexity index is 456. The summed E-state index contributed by atoms with van der Waals surface area (Å²) in [5.41, 5.74) is 3.00. The molecule has 1 unspecified atom stereocenters. The van der Waals surface area contributed by atoms with Gasteiger partial charge in [0, 0.05) is 16.6 Å². The summed E-state index contributed by atoms with van der Waals surface area (Å²) in [5, 5.41) is 3.31. The van der Waals surface area contributed by atoms with Crippen molar-refractivity contribution in [1.29, 1.82) is 0 Å². The lowest BCUT2D eigenvalue weighted by Gasteiger charge is -2.18. The molecule has 1 heterocycles. The molecule has 0 fully saturated rings. The summed E-state index contributed by atoms with van der Waals surface area (Å²) in [4.78, 5) is 5.32. The largest absolute Gasteiger partial charge is 0.494 e. The SMILES string of the molecule is CCOc1ccccc1C(NC)c1cncs1. The molecule has 0 amide bonds. The highest BCUT2D eigenvalue weighted by atomic mass is 32.1. The molecule has 0 aliphatic rings. The Labute approximate surface area is 105 Å². The van der Waals surface area contributed by atoms with Crippen LogP contribution >= 0.6 is 11.3 Å². The number of hydrogen-bond donors (Lipinski definition) is 1. The quantitative estimate of drug-likeness (QED) is 0.883. The average Bonchev–Trinajstić information content (AvgIpc) is 2.86. The van der Waals surface area contributed by atoms with E-state index in [2.05, 4.69) is 16.4 Å². The maximum atomic E-state index is 5.66. The maximum absolute atomic E-state index is 5.66. The van der Waals surface area contributed by atoms with E-state index in [1.165, 1.54) is 4.88 Å². The fraction of sp³-hybridized carbons (Fsp3) is 0.308. The molecule has 90 valence electrons. The molecule has 1 aromatic heterocycles. The lowest BCUT2D eigenvalue weighted by Crippen LogP contribution is -2.17. The third-order valence-corrected chi connectivity index (χ3v) is 3.39. The van der Waals surface area contributed by atoms with Gasteiger partial charge in [0.1, 0.15) is 5.75 Å². The van der Waals surface area contributed by atoms with Crippen molar-refractivity contribution >= 4 is 11.3 Å². The summed E-state index contributed by atoms with van der Waals surface area (Å²) in [6, 6.07) is 8.26. The van der Waals surface area contributed by atoms with Crippen molar-refractivity contribution in [3.8, 4) is 5.75 Å². The third kappa shape index (κ3) is 2.65. The van der Waals surface area contributed by atoms with E-state index < -0.39 is 0 Å². The summed E-state index contributed by atoms with van der Waals surface area (Å²) in [6.07, 6.45) is 1.90. The van der Waals surface area contributed by atoms with Crippen LogP contribution in [0.5, 0.6) is 5.75 Å². The monoisotopic (exact) mass is 248 g/mol. The number of ether oxygens (including phenoxy) is 1. The number of para-hydroxylation sites is 1. The van der Waals surface area contributed by atoms with Crippen molar-refractivity contribution in [2.24, 2.45) is 0 Å². The average molecular weight is 248 g/mol. The topological polar surface area (TPSA) is 34.1 Å². The van der Waals surface area contributed by atoms with Crippen LogP contribution in [0.25, 0.3) is 0 Å². The predicted octanol–water partition coefficient (Wildman–Crippen LogP) is 2.85. The van der Waals surface area contributed by atoms with Crippen molar-refractivity contribution < 1.29 is 4.74 Å². The highest BCUT2D eigenvalue weighted by molar-refractivity contribution is 7.09. The van der Waals surface area contributed by atoms with Gasteiger partial charge in [-0.2, -0.15) is 0 Å². The van der Waals surface area contributed by atoms with E-state index in [1.807, 2.05) is 43.9 Å². The maximum Gasteiger partial charge on any atom is 0.124 e. The van der Waals surface area contributed by atoms with Gasteiger partial charge >= 0.3 is 0 Å². The zero-order valence-electron chi connectivity index (χ0n) is 10.0. The third-order valence-electron chi connectivity index (χ3n) is 2.55. The molecule has 1 atom stereocenters. The Balaban J connectivity index is 2.37. The highest BCUT2D eigenvalue weighted by Gasteiger charge is 2.17. The Morgan fingerprint density at radius 2 is 2.24 bits per heavy atom. The molecule has 4 heteroatoms. The second-order valence-electron chi connectivity index (χ2n) is 3.60. The highest BCUT2D eigenvalue weighted by Crippen LogP contribution is 2.31. The molecule has 0 bridgehead atoms. The van der Waals surface area contributed by atoms with Crippen molar-refractivity contribution in [3.05, 3.63) is 46.4 Å². The fourth-order valence-electron chi connectivity index (χ4n) is 1.83. The Hall–Kier alpha value is -1.39. The van der Waals surface area contributed by atoms with Gasteiger partial charge in [-0.3, -0.25) is 4.98 Å². The molecule has 2 rings (SSSR count). The van der Waals surface area contributed by atoms with Gasteiger partial charge in [0.2, 0.25) is 0 Å². The van der Waals surface area contributed by atoms with Crippen LogP contribution in [-0.2, 0) is 0 Å². The number of rotatable bonds is 5. The van der Waals surface area contributed by atoms with Crippen molar-refractivity contribution in [3.63, 3.8) is 0 Å². The zero-order chi connectivity index (χ0) is 12.1. The molecule has 17 heavy (non-hydrogen) atoms. The van der Waals surface area contributed by atoms with Gasteiger partial charge in [-0.25, -0.2) is 0 Å². The fourth-order valence-corrected chi connectivity index (χ4v) is 2.57. The van der Waals surface area contributed by atoms with Crippen LogP contribution in [-0.4, -0.2) is 18.6 Å². The van der Waals surface area contributed by atoms with Crippen LogP contribution in [0.3, 0.4) is 0 Å². The summed E-state index contributed by atoms with van der Waals surface area (Å²) < 4.78 is 5.66. The molecule has 0 radical (unpaired) electrons. The zero-order valence-corrected chi connectivity index (χ0v) is 10.8. The van der Waals surface area contributed by atoms with Crippen LogP contribution in [0, 0.1) is 0 Å². The van der Waals surface area contributed by atoms with E-state index in [0.717, 1.165) is 11.3 Å². The minimum atomic E-state index is 0.144. The Morgan fingerprint density at radius 1 is 1.41 bits per heavy atom. The number of nitrogens with one attached hydrogen (secondary N) is 1. The van der Waals surface area contributed by atoms with Crippen LogP contribution in [0.2, 0.25) is 0 Å². The molecular weight excluding hydrogens is 232 g/mol. The lowest BCUT2D eigenvalue weighted by molar-refractivity contribution is 0.334. The van der Waals surface area contributed by atoms with Gasteiger partial charge in [-0.15, -0.1) is 11.3 Å². The predicted molar refractivity (Wildman–Crippen MR) is 70.6 cm³/mol. The van der Waals surface area contributed by atoms with Crippen molar-refractivity contribution in [2.45, 2.75) is 13.0 Å². The minimum Gasteiger partial charge on any atom is -0.494 e. The van der Waals surface area contributed by atoms with Crippen LogP contribution in [0.15, 0.2) is 36.0 Å². The first-order chi connectivity index (χ1) is 8.36. The van der Waals surface area contributed by atoms with Crippen molar-refractivity contribution in [2.75, 3.05) is 13.7 Å². The molecule has 0 aliphatic carbocycles. The van der Waals surface area contributed by atoms with Gasteiger partial charge in [0.05, 0.1) is 18.2 Å². The lowest BCUT2D eigenvalue weighted by atomic mass is 10.0. The summed E-state index contributed by atoms with van der Waals surface area (Å²) in [5.74, 6) is 0.933. The molecule has 0 saturated heterocycles. The number of hydrogen-bond acceptors (Lipinski definition) is 4. The van der Waals surface area contributed by atoms with Gasteiger partial charge in [0.25, 0.3) is 0 Å². The summed E-state index contributed by atoms with van der Waals surface area (Å²) in [6.45, 7) is 2.67. The van der Waals surface area contributed by atoms with Gasteiger partial charge in [0.15, 0.2) is 0 Å². The van der Waals surface area contributed by atoms with E-state index in [0.29, 0.717) is 6.61 Å². The normalized spacial score (nSPS) is 12.4. The second kappa shape index (κ2) is 5.80. The van der Waals surface area contributed by atoms with E-state index >= 15 is 0 Å². The molecular formula is C13H16N2OS. The molecule has 2 aromatic rings.